The quantitative estimate of drug-likeness (QED) is 0.404. The molecule has 0 saturated carbocycles. The molecular weight excluding hydrogens is 128 g/mol. The Hall–Kier alpha value is -1.59. The largest absolute Gasteiger partial charge is 0.503 e. The highest BCUT2D eigenvalue weighted by molar-refractivity contribution is 5.76. The minimum Gasteiger partial charge on any atom is -0.450 e. The second-order valence-corrected chi connectivity index (χ2v) is 0.779. The van der Waals surface area contributed by atoms with E-state index in [2.05, 4.69) is 17.4 Å². The lowest BCUT2D eigenvalue weighted by Crippen LogP contribution is -2.01. The van der Waals surface area contributed by atoms with E-state index in [0.717, 1.165) is 0 Å². The predicted octanol–water partition coefficient (Wildman–Crippen LogP) is -0.0119. The number of hydrogen-bond donors (Lipinski definition) is 3. The van der Waals surface area contributed by atoms with Gasteiger partial charge in [0.1, 0.15) is 0 Å². The molecule has 0 fully saturated rings. The van der Waals surface area contributed by atoms with Crippen molar-refractivity contribution in [3.63, 3.8) is 0 Å². The Morgan fingerprint density at radius 3 is 1.56 bits per heavy atom. The summed E-state index contributed by atoms with van der Waals surface area (Å²) >= 11 is 0. The molecule has 0 aliphatic rings. The van der Waals surface area contributed by atoms with E-state index in [1.807, 2.05) is 0 Å². The van der Waals surface area contributed by atoms with Gasteiger partial charge in [0.15, 0.2) is 0 Å². The first-order valence-corrected chi connectivity index (χ1v) is 1.68. The molecule has 52 valence electrons. The van der Waals surface area contributed by atoms with Crippen molar-refractivity contribution < 1.29 is 19.8 Å². The molecule has 0 atom stereocenters. The highest BCUT2D eigenvalue weighted by Crippen LogP contribution is 1.53. The summed E-state index contributed by atoms with van der Waals surface area (Å²) in [7, 11) is 0. The van der Waals surface area contributed by atoms with E-state index < -0.39 is 12.2 Å². The van der Waals surface area contributed by atoms with Crippen LogP contribution in [0.4, 0.5) is 9.59 Å². The second kappa shape index (κ2) is 6.41. The van der Waals surface area contributed by atoms with E-state index >= 15 is 0 Å². The summed E-state index contributed by atoms with van der Waals surface area (Å²) in [6.45, 7) is 2.84. The standard InChI is InChI=1S/C2H4N2O.CH2O3/c1-4-2(3)5;2-1(3)4/h1H2,(H2,3,5);(H2,2,3,4). The Bertz CT molecular complexity index is 117. The minimum absolute atomic E-state index is 0.731. The smallest absolute Gasteiger partial charge is 0.450 e. The van der Waals surface area contributed by atoms with Crippen molar-refractivity contribution in [2.75, 3.05) is 0 Å². The number of carboxylic acid groups (broad SMARTS) is 2. The van der Waals surface area contributed by atoms with E-state index in [1.54, 1.807) is 0 Å². The molecule has 0 aromatic heterocycles. The van der Waals surface area contributed by atoms with Crippen molar-refractivity contribution in [2.45, 2.75) is 0 Å². The fraction of sp³-hybridized carbons (Fsp3) is 0. The first kappa shape index (κ1) is 10.4. The lowest BCUT2D eigenvalue weighted by Gasteiger charge is -1.66. The second-order valence-electron chi connectivity index (χ2n) is 0.779. The molecule has 0 aliphatic carbocycles. The van der Waals surface area contributed by atoms with Crippen LogP contribution in [0.3, 0.4) is 0 Å². The normalized spacial score (nSPS) is 6.22. The molecule has 0 rings (SSSR count). The van der Waals surface area contributed by atoms with Gasteiger partial charge in [0, 0.05) is 0 Å². The van der Waals surface area contributed by atoms with Crippen LogP contribution in [0.25, 0.3) is 0 Å². The highest BCUT2D eigenvalue weighted by Gasteiger charge is 1.70. The van der Waals surface area contributed by atoms with Crippen molar-refractivity contribution >= 4 is 18.9 Å². The predicted molar refractivity (Wildman–Crippen MR) is 29.8 cm³/mol. The van der Waals surface area contributed by atoms with E-state index in [4.69, 9.17) is 15.0 Å². The first-order valence-electron chi connectivity index (χ1n) is 1.68. The number of urea groups is 1. The van der Waals surface area contributed by atoms with Crippen molar-refractivity contribution in [2.24, 2.45) is 10.7 Å². The molecule has 0 aromatic rings. The zero-order chi connectivity index (χ0) is 7.86. The Balaban J connectivity index is 0. The van der Waals surface area contributed by atoms with Crippen LogP contribution in [0, 0.1) is 0 Å². The van der Waals surface area contributed by atoms with Crippen LogP contribution in [-0.2, 0) is 0 Å². The molecule has 0 bridgehead atoms. The van der Waals surface area contributed by atoms with Gasteiger partial charge in [-0.3, -0.25) is 0 Å². The number of nitrogens with zero attached hydrogens (tertiary/aromatic N) is 1. The maximum Gasteiger partial charge on any atom is 0.503 e. The summed E-state index contributed by atoms with van der Waals surface area (Å²) < 4.78 is 0. The zero-order valence-corrected chi connectivity index (χ0v) is 4.44. The van der Waals surface area contributed by atoms with Crippen LogP contribution in [0.15, 0.2) is 4.99 Å². The molecule has 2 amide bonds. The number of hydrogen-bond acceptors (Lipinski definition) is 2. The van der Waals surface area contributed by atoms with E-state index in [1.165, 1.54) is 0 Å². The Labute approximate surface area is 50.6 Å². The molecule has 0 spiro atoms. The molecule has 0 unspecified atom stereocenters. The summed E-state index contributed by atoms with van der Waals surface area (Å²) in [5.41, 5.74) is 4.42. The highest BCUT2D eigenvalue weighted by atomic mass is 16.6. The molecular formula is C3H6N2O4. The van der Waals surface area contributed by atoms with Crippen molar-refractivity contribution in [3.05, 3.63) is 0 Å². The van der Waals surface area contributed by atoms with E-state index in [-0.39, 0.29) is 0 Å². The Morgan fingerprint density at radius 2 is 1.56 bits per heavy atom. The average molecular weight is 134 g/mol. The lowest BCUT2D eigenvalue weighted by atomic mass is 11.1. The van der Waals surface area contributed by atoms with Crippen LogP contribution in [-0.4, -0.2) is 29.1 Å². The van der Waals surface area contributed by atoms with Crippen LogP contribution in [0.1, 0.15) is 0 Å². The van der Waals surface area contributed by atoms with Gasteiger partial charge >= 0.3 is 12.2 Å². The van der Waals surface area contributed by atoms with Gasteiger partial charge in [0.25, 0.3) is 0 Å². The molecule has 0 radical (unpaired) electrons. The van der Waals surface area contributed by atoms with Crippen LogP contribution in [0.5, 0.6) is 0 Å². The van der Waals surface area contributed by atoms with Gasteiger partial charge < -0.3 is 15.9 Å². The molecule has 6 heteroatoms. The molecule has 9 heavy (non-hydrogen) atoms. The van der Waals surface area contributed by atoms with Crippen LogP contribution < -0.4 is 5.73 Å². The minimum atomic E-state index is -1.83. The average Bonchev–Trinajstić information content (AvgIpc) is 1.65. The fourth-order valence-electron chi connectivity index (χ4n) is 0. The molecule has 4 N–H and O–H groups in total. The van der Waals surface area contributed by atoms with Crippen molar-refractivity contribution in [3.8, 4) is 0 Å². The SMILES string of the molecule is C=NC(N)=O.O=C(O)O. The van der Waals surface area contributed by atoms with Gasteiger partial charge in [-0.2, -0.15) is 0 Å². The van der Waals surface area contributed by atoms with Crippen LogP contribution >= 0.6 is 0 Å². The third-order valence-electron chi connectivity index (χ3n) is 0.156. The number of aliphatic imine (C=N–C) groups is 1. The molecule has 6 nitrogen and oxygen atoms in total. The van der Waals surface area contributed by atoms with E-state index in [0.29, 0.717) is 0 Å². The number of amides is 2. The van der Waals surface area contributed by atoms with Gasteiger partial charge in [-0.25, -0.2) is 14.6 Å². The Morgan fingerprint density at radius 1 is 1.44 bits per heavy atom. The first-order chi connectivity index (χ1) is 4.00. The van der Waals surface area contributed by atoms with E-state index in [9.17, 15) is 4.79 Å². The fourth-order valence-corrected chi connectivity index (χ4v) is 0. The maximum absolute atomic E-state index is 9.36. The number of carbonyl (C=O) groups is 2. The molecule has 0 heterocycles. The topological polar surface area (TPSA) is 113 Å². The monoisotopic (exact) mass is 134 g/mol. The Kier molecular flexibility index (Phi) is 7.41. The van der Waals surface area contributed by atoms with Gasteiger partial charge in [0.05, 0.1) is 0 Å². The summed E-state index contributed by atoms with van der Waals surface area (Å²) in [6, 6.07) is -0.731. The van der Waals surface area contributed by atoms with Crippen molar-refractivity contribution in [1.82, 2.24) is 0 Å². The number of nitrogens with two attached hydrogens (primary N) is 1. The number of rotatable bonds is 0. The number of primary amides is 1. The van der Waals surface area contributed by atoms with Gasteiger partial charge in [-0.15, -0.1) is 0 Å². The third-order valence-corrected chi connectivity index (χ3v) is 0.156. The molecule has 0 saturated heterocycles. The maximum atomic E-state index is 9.36. The number of carbonyl (C=O) groups excluding carboxylic acids is 1. The summed E-state index contributed by atoms with van der Waals surface area (Å²) in [4.78, 5) is 20.7. The van der Waals surface area contributed by atoms with Crippen LogP contribution in [0.2, 0.25) is 0 Å². The zero-order valence-electron chi connectivity index (χ0n) is 4.44. The summed E-state index contributed by atoms with van der Waals surface area (Å²) in [5.74, 6) is 0. The molecule has 0 aromatic carbocycles. The molecule has 0 aliphatic heterocycles. The van der Waals surface area contributed by atoms with Crippen molar-refractivity contribution in [1.29, 1.82) is 0 Å². The van der Waals surface area contributed by atoms with Gasteiger partial charge in [0.2, 0.25) is 0 Å². The van der Waals surface area contributed by atoms with Gasteiger partial charge in [-0.1, -0.05) is 0 Å². The third kappa shape index (κ3) is 742. The summed E-state index contributed by atoms with van der Waals surface area (Å²) in [6.07, 6.45) is -1.83. The summed E-state index contributed by atoms with van der Waals surface area (Å²) in [5, 5.41) is 13.9. The lowest BCUT2D eigenvalue weighted by molar-refractivity contribution is 0.137. The van der Waals surface area contributed by atoms with Gasteiger partial charge in [-0.05, 0) is 6.72 Å².